The molecule has 0 aliphatic carbocycles. The van der Waals surface area contributed by atoms with Crippen molar-refractivity contribution in [2.45, 2.75) is 77.5 Å². The van der Waals surface area contributed by atoms with Gasteiger partial charge in [-0.15, -0.1) is 0 Å². The Kier molecular flexibility index (Phi) is 14.9. The molecule has 0 aromatic carbocycles. The van der Waals surface area contributed by atoms with Crippen molar-refractivity contribution in [2.24, 2.45) is 34.0 Å². The van der Waals surface area contributed by atoms with Crippen LogP contribution in [-0.2, 0) is 19.2 Å². The number of hydrogen-bond donors (Lipinski definition) is 8. The lowest BCUT2D eigenvalue weighted by atomic mass is 10.0. The second-order valence-corrected chi connectivity index (χ2v) is 9.38. The molecule has 0 spiro atoms. The Labute approximate surface area is 206 Å². The molecule has 0 saturated heterocycles. The molecule has 12 nitrogen and oxygen atoms in total. The molecule has 0 rings (SSSR count). The van der Waals surface area contributed by atoms with Crippen molar-refractivity contribution >= 4 is 42.3 Å². The first-order chi connectivity index (χ1) is 15.8. The van der Waals surface area contributed by atoms with Crippen LogP contribution < -0.4 is 33.2 Å². The zero-order valence-corrected chi connectivity index (χ0v) is 21.3. The lowest BCUT2D eigenvalue weighted by Gasteiger charge is -2.26. The third kappa shape index (κ3) is 13.2. The molecule has 0 heterocycles. The summed E-state index contributed by atoms with van der Waals surface area (Å²) in [5.41, 5.74) is 16.6. The SMILES string of the molecule is CC(C)CC(N)C(=O)NC(CCCN=C(N)N)C(=O)NC(CC(C)C)C(=O)NC(CS)C(=O)O. The minimum absolute atomic E-state index is 0.0182. The Hall–Kier alpha value is -2.54. The largest absolute Gasteiger partial charge is 0.480 e. The van der Waals surface area contributed by atoms with Gasteiger partial charge in [0, 0.05) is 12.3 Å². The van der Waals surface area contributed by atoms with Gasteiger partial charge >= 0.3 is 5.97 Å². The van der Waals surface area contributed by atoms with Crippen LogP contribution in [-0.4, -0.2) is 71.2 Å². The van der Waals surface area contributed by atoms with Crippen molar-refractivity contribution in [3.8, 4) is 0 Å². The monoisotopic (exact) mass is 503 g/mol. The Morgan fingerprint density at radius 2 is 1.35 bits per heavy atom. The maximum absolute atomic E-state index is 13.1. The molecule has 10 N–H and O–H groups in total. The zero-order valence-electron chi connectivity index (χ0n) is 20.4. The lowest BCUT2D eigenvalue weighted by molar-refractivity contribution is -0.141. The topological polar surface area (TPSA) is 215 Å². The molecule has 0 bridgehead atoms. The van der Waals surface area contributed by atoms with Crippen LogP contribution in [0, 0.1) is 11.8 Å². The predicted octanol–water partition coefficient (Wildman–Crippen LogP) is -1.07. The van der Waals surface area contributed by atoms with E-state index in [0.29, 0.717) is 12.8 Å². The summed E-state index contributed by atoms with van der Waals surface area (Å²) in [4.78, 5) is 53.5. The van der Waals surface area contributed by atoms with Crippen LogP contribution in [0.5, 0.6) is 0 Å². The van der Waals surface area contributed by atoms with E-state index in [4.69, 9.17) is 17.2 Å². The van der Waals surface area contributed by atoms with Crippen LogP contribution in [0.2, 0.25) is 0 Å². The van der Waals surface area contributed by atoms with Crippen LogP contribution in [0.15, 0.2) is 4.99 Å². The molecular formula is C21H41N7O5S. The van der Waals surface area contributed by atoms with Gasteiger partial charge in [0.2, 0.25) is 17.7 Å². The minimum atomic E-state index is -1.23. The summed E-state index contributed by atoms with van der Waals surface area (Å²) in [6.45, 7) is 7.82. The number of aliphatic carboxylic acids is 1. The van der Waals surface area contributed by atoms with Crippen molar-refractivity contribution < 1.29 is 24.3 Å². The number of carbonyl (C=O) groups excluding carboxylic acids is 3. The van der Waals surface area contributed by atoms with Crippen molar-refractivity contribution in [2.75, 3.05) is 12.3 Å². The molecule has 0 aromatic heterocycles. The number of hydrogen-bond acceptors (Lipinski definition) is 7. The van der Waals surface area contributed by atoms with E-state index in [1.165, 1.54) is 0 Å². The summed E-state index contributed by atoms with van der Waals surface area (Å²) in [6, 6.07) is -3.99. The predicted molar refractivity (Wildman–Crippen MR) is 134 cm³/mol. The molecule has 196 valence electrons. The third-order valence-electron chi connectivity index (χ3n) is 4.78. The molecule has 0 aliphatic heterocycles. The zero-order chi connectivity index (χ0) is 26.4. The van der Waals surface area contributed by atoms with Gasteiger partial charge in [-0.2, -0.15) is 12.6 Å². The smallest absolute Gasteiger partial charge is 0.327 e. The Morgan fingerprint density at radius 1 is 0.853 bits per heavy atom. The first-order valence-electron chi connectivity index (χ1n) is 11.3. The van der Waals surface area contributed by atoms with Crippen LogP contribution in [0.1, 0.15) is 53.4 Å². The molecule has 34 heavy (non-hydrogen) atoms. The van der Waals surface area contributed by atoms with Crippen LogP contribution in [0.4, 0.5) is 0 Å². The quantitative estimate of drug-likeness (QED) is 0.0560. The van der Waals surface area contributed by atoms with Gasteiger partial charge in [0.1, 0.15) is 18.1 Å². The second kappa shape index (κ2) is 16.1. The maximum Gasteiger partial charge on any atom is 0.327 e. The van der Waals surface area contributed by atoms with E-state index >= 15 is 0 Å². The fraction of sp³-hybridized carbons (Fsp3) is 0.762. The fourth-order valence-electron chi connectivity index (χ4n) is 3.10. The van der Waals surface area contributed by atoms with Crippen molar-refractivity contribution in [1.29, 1.82) is 0 Å². The molecule has 0 aromatic rings. The molecule has 3 amide bonds. The molecular weight excluding hydrogens is 462 g/mol. The van der Waals surface area contributed by atoms with E-state index in [9.17, 15) is 24.3 Å². The molecule has 0 saturated carbocycles. The van der Waals surface area contributed by atoms with Gasteiger partial charge in [-0.05, 0) is 37.5 Å². The van der Waals surface area contributed by atoms with Gasteiger partial charge < -0.3 is 38.3 Å². The highest BCUT2D eigenvalue weighted by molar-refractivity contribution is 7.80. The van der Waals surface area contributed by atoms with Gasteiger partial charge in [-0.1, -0.05) is 27.7 Å². The summed E-state index contributed by atoms with van der Waals surface area (Å²) in [7, 11) is 0. The third-order valence-corrected chi connectivity index (χ3v) is 5.14. The van der Waals surface area contributed by atoms with E-state index in [2.05, 4.69) is 33.6 Å². The van der Waals surface area contributed by atoms with Crippen molar-refractivity contribution in [3.63, 3.8) is 0 Å². The van der Waals surface area contributed by atoms with Gasteiger partial charge in [0.25, 0.3) is 0 Å². The number of aliphatic imine (C=N–C) groups is 1. The number of carboxylic acids is 1. The normalized spacial score (nSPS) is 14.6. The lowest BCUT2D eigenvalue weighted by Crippen LogP contribution is -2.57. The molecule has 0 radical (unpaired) electrons. The fourth-order valence-corrected chi connectivity index (χ4v) is 3.35. The number of rotatable bonds is 16. The Morgan fingerprint density at radius 3 is 1.82 bits per heavy atom. The first kappa shape index (κ1) is 31.5. The molecule has 4 unspecified atom stereocenters. The van der Waals surface area contributed by atoms with Gasteiger partial charge in [-0.3, -0.25) is 19.4 Å². The number of nitrogens with zero attached hydrogens (tertiary/aromatic N) is 1. The van der Waals surface area contributed by atoms with Gasteiger partial charge in [0.05, 0.1) is 6.04 Å². The molecule has 0 fully saturated rings. The molecule has 0 aliphatic rings. The second-order valence-electron chi connectivity index (χ2n) is 9.02. The summed E-state index contributed by atoms with van der Waals surface area (Å²) >= 11 is 3.94. The summed E-state index contributed by atoms with van der Waals surface area (Å²) in [5.74, 6) is -2.95. The van der Waals surface area contributed by atoms with Gasteiger partial charge in [-0.25, -0.2) is 4.79 Å². The highest BCUT2D eigenvalue weighted by Crippen LogP contribution is 2.09. The van der Waals surface area contributed by atoms with E-state index in [1.54, 1.807) is 0 Å². The number of thiol groups is 1. The van der Waals surface area contributed by atoms with Crippen molar-refractivity contribution in [1.82, 2.24) is 16.0 Å². The van der Waals surface area contributed by atoms with Gasteiger partial charge in [0.15, 0.2) is 5.96 Å². The van der Waals surface area contributed by atoms with Crippen LogP contribution in [0.3, 0.4) is 0 Å². The Bertz CT molecular complexity index is 714. The molecule has 4 atom stereocenters. The first-order valence-corrected chi connectivity index (χ1v) is 12.0. The minimum Gasteiger partial charge on any atom is -0.480 e. The average molecular weight is 504 g/mol. The average Bonchev–Trinajstić information content (AvgIpc) is 2.71. The maximum atomic E-state index is 13.1. The standard InChI is InChI=1S/C21H41N7O5S/c1-11(2)8-13(22)17(29)26-14(6-5-7-25-21(23)24)18(30)27-15(9-12(3)4)19(31)28-16(10-34)20(32)33/h11-16,34H,5-10,22H2,1-4H3,(H,26,29)(H,27,30)(H,28,31)(H,32,33)(H4,23,24,25). The number of nitrogens with one attached hydrogen (secondary N) is 3. The molecule has 13 heteroatoms. The summed E-state index contributed by atoms with van der Waals surface area (Å²) in [6.07, 6.45) is 1.29. The number of guanidine groups is 1. The van der Waals surface area contributed by atoms with Crippen molar-refractivity contribution in [3.05, 3.63) is 0 Å². The highest BCUT2D eigenvalue weighted by Gasteiger charge is 2.30. The van der Waals surface area contributed by atoms with E-state index in [0.717, 1.165) is 0 Å². The highest BCUT2D eigenvalue weighted by atomic mass is 32.1. The van der Waals surface area contributed by atoms with E-state index in [1.807, 2.05) is 27.7 Å². The number of nitrogens with two attached hydrogens (primary N) is 3. The Balaban J connectivity index is 5.52. The number of carboxylic acid groups (broad SMARTS) is 1. The number of amides is 3. The van der Waals surface area contributed by atoms with E-state index in [-0.39, 0.29) is 42.9 Å². The number of carbonyl (C=O) groups is 4. The van der Waals surface area contributed by atoms with E-state index < -0.39 is 47.9 Å². The van der Waals surface area contributed by atoms with Crippen LogP contribution >= 0.6 is 12.6 Å². The van der Waals surface area contributed by atoms with Crippen LogP contribution in [0.25, 0.3) is 0 Å². The summed E-state index contributed by atoms with van der Waals surface area (Å²) in [5, 5.41) is 16.9. The summed E-state index contributed by atoms with van der Waals surface area (Å²) < 4.78 is 0.